The third-order valence-corrected chi connectivity index (χ3v) is 6.65. The summed E-state index contributed by atoms with van der Waals surface area (Å²) in [5.74, 6) is -2.79. The Morgan fingerprint density at radius 3 is 2.21 bits per heavy atom. The summed E-state index contributed by atoms with van der Waals surface area (Å²) in [6.45, 7) is 5.40. The Kier molecular flexibility index (Phi) is 11.9. The zero-order valence-electron chi connectivity index (χ0n) is 24.1. The van der Waals surface area contributed by atoms with Crippen molar-refractivity contribution in [1.82, 2.24) is 10.6 Å². The Morgan fingerprint density at radius 1 is 1.00 bits per heavy atom. The highest BCUT2D eigenvalue weighted by Gasteiger charge is 2.47. The van der Waals surface area contributed by atoms with Gasteiger partial charge in [0, 0.05) is 23.3 Å². The molecule has 1 heterocycles. The second-order valence-corrected chi connectivity index (χ2v) is 10.3. The lowest BCUT2D eigenvalue weighted by molar-refractivity contribution is -0.141. The standard InChI is InChI=1S/C30H34ClF3N2O7/c1-17(2)35-15-19(37)16-43-21-11-9-20(10-12-21)41-13-14-42-29(39)24-18(3)36-27(30(32,33)34)26(28(38)40-4)25(24)22-7-5-6-8-23(22)31/h5-12,17,19,25,35-37H,13-16H2,1-4H3. The first-order valence-corrected chi connectivity index (χ1v) is 13.8. The third kappa shape index (κ3) is 9.12. The molecule has 2 aromatic carbocycles. The summed E-state index contributed by atoms with van der Waals surface area (Å²) in [4.78, 5) is 25.9. The number of carbonyl (C=O) groups is 2. The predicted octanol–water partition coefficient (Wildman–Crippen LogP) is 4.65. The first-order chi connectivity index (χ1) is 20.3. The first-order valence-electron chi connectivity index (χ1n) is 13.4. The maximum Gasteiger partial charge on any atom is 0.431 e. The van der Waals surface area contributed by atoms with Crippen molar-refractivity contribution in [2.24, 2.45) is 0 Å². The quantitative estimate of drug-likeness (QED) is 0.216. The summed E-state index contributed by atoms with van der Waals surface area (Å²) >= 11 is 6.32. The molecule has 1 aliphatic heterocycles. The smallest absolute Gasteiger partial charge is 0.431 e. The van der Waals surface area contributed by atoms with E-state index in [2.05, 4.69) is 15.4 Å². The van der Waals surface area contributed by atoms with Crippen molar-refractivity contribution in [3.05, 3.63) is 81.7 Å². The monoisotopic (exact) mass is 626 g/mol. The van der Waals surface area contributed by atoms with E-state index in [4.69, 9.17) is 25.8 Å². The molecule has 2 unspecified atom stereocenters. The van der Waals surface area contributed by atoms with Crippen LogP contribution in [0.25, 0.3) is 0 Å². The van der Waals surface area contributed by atoms with E-state index in [-0.39, 0.29) is 47.7 Å². The van der Waals surface area contributed by atoms with E-state index in [1.807, 2.05) is 13.8 Å². The molecule has 0 saturated carbocycles. The van der Waals surface area contributed by atoms with E-state index >= 15 is 0 Å². The number of hydrogen-bond donors (Lipinski definition) is 3. The molecule has 0 bridgehead atoms. The number of methoxy groups -OCH3 is 1. The molecule has 234 valence electrons. The lowest BCUT2D eigenvalue weighted by Crippen LogP contribution is -2.38. The Bertz CT molecular complexity index is 1340. The molecule has 3 rings (SSSR count). The number of carbonyl (C=O) groups excluding carboxylic acids is 2. The highest BCUT2D eigenvalue weighted by atomic mass is 35.5. The number of rotatable bonds is 13. The zero-order chi connectivity index (χ0) is 31.7. The number of alkyl halides is 3. The molecule has 0 fully saturated rings. The van der Waals surface area contributed by atoms with Gasteiger partial charge in [-0.25, -0.2) is 9.59 Å². The molecular weight excluding hydrogens is 593 g/mol. The first kappa shape index (κ1) is 33.8. The molecule has 9 nitrogen and oxygen atoms in total. The van der Waals surface area contributed by atoms with E-state index in [9.17, 15) is 27.9 Å². The summed E-state index contributed by atoms with van der Waals surface area (Å²) in [6.07, 6.45) is -5.64. The van der Waals surface area contributed by atoms with E-state index < -0.39 is 41.4 Å². The van der Waals surface area contributed by atoms with Gasteiger partial charge in [0.05, 0.1) is 24.2 Å². The minimum Gasteiger partial charge on any atom is -0.491 e. The van der Waals surface area contributed by atoms with Crippen molar-refractivity contribution in [3.63, 3.8) is 0 Å². The van der Waals surface area contributed by atoms with Crippen LogP contribution in [0.15, 0.2) is 71.1 Å². The van der Waals surface area contributed by atoms with Crippen molar-refractivity contribution in [3.8, 4) is 11.5 Å². The molecule has 0 saturated heterocycles. The number of halogens is 4. The van der Waals surface area contributed by atoms with Gasteiger partial charge in [0.1, 0.15) is 43.1 Å². The topological polar surface area (TPSA) is 115 Å². The van der Waals surface area contributed by atoms with Gasteiger partial charge in [0.2, 0.25) is 0 Å². The Labute approximate surface area is 252 Å². The van der Waals surface area contributed by atoms with Crippen LogP contribution in [0.1, 0.15) is 32.3 Å². The fourth-order valence-electron chi connectivity index (χ4n) is 4.30. The van der Waals surface area contributed by atoms with Crippen LogP contribution in [0, 0.1) is 0 Å². The molecule has 3 N–H and O–H groups in total. The van der Waals surface area contributed by atoms with Crippen LogP contribution in [-0.4, -0.2) is 68.8 Å². The number of ether oxygens (including phenoxy) is 4. The van der Waals surface area contributed by atoms with Gasteiger partial charge in [-0.15, -0.1) is 0 Å². The van der Waals surface area contributed by atoms with Crippen molar-refractivity contribution in [1.29, 1.82) is 0 Å². The van der Waals surface area contributed by atoms with E-state index in [1.165, 1.54) is 25.1 Å². The highest BCUT2D eigenvalue weighted by molar-refractivity contribution is 6.31. The molecule has 0 radical (unpaired) electrons. The Balaban J connectivity index is 1.68. The van der Waals surface area contributed by atoms with Gasteiger partial charge in [-0.3, -0.25) is 0 Å². The van der Waals surface area contributed by atoms with Crippen LogP contribution in [0.4, 0.5) is 13.2 Å². The maximum atomic E-state index is 14.0. The number of benzene rings is 2. The Morgan fingerprint density at radius 2 is 1.63 bits per heavy atom. The zero-order valence-corrected chi connectivity index (χ0v) is 24.8. The maximum absolute atomic E-state index is 14.0. The summed E-state index contributed by atoms with van der Waals surface area (Å²) in [7, 11) is 0.945. The van der Waals surface area contributed by atoms with E-state index in [0.717, 1.165) is 7.11 Å². The summed E-state index contributed by atoms with van der Waals surface area (Å²) in [5.41, 5.74) is -2.45. The number of allylic oxidation sites excluding steroid dienone is 2. The summed E-state index contributed by atoms with van der Waals surface area (Å²) in [5, 5.41) is 15.3. The summed E-state index contributed by atoms with van der Waals surface area (Å²) in [6, 6.07) is 12.8. The number of dihydropyridines is 1. The number of esters is 2. The normalized spacial score (nSPS) is 16.1. The molecule has 0 spiro atoms. The minimum atomic E-state index is -4.96. The summed E-state index contributed by atoms with van der Waals surface area (Å²) < 4.78 is 63.2. The molecule has 0 aliphatic carbocycles. The molecule has 0 amide bonds. The van der Waals surface area contributed by atoms with Gasteiger partial charge in [0.25, 0.3) is 0 Å². The van der Waals surface area contributed by atoms with Crippen LogP contribution >= 0.6 is 11.6 Å². The average Bonchev–Trinajstić information content (AvgIpc) is 2.96. The molecular formula is C30H34ClF3N2O7. The van der Waals surface area contributed by atoms with Gasteiger partial charge in [-0.2, -0.15) is 13.2 Å². The van der Waals surface area contributed by atoms with E-state index in [0.29, 0.717) is 18.0 Å². The van der Waals surface area contributed by atoms with Gasteiger partial charge >= 0.3 is 18.1 Å². The third-order valence-electron chi connectivity index (χ3n) is 6.30. The number of aliphatic hydroxyl groups is 1. The highest BCUT2D eigenvalue weighted by Crippen LogP contribution is 2.45. The van der Waals surface area contributed by atoms with Gasteiger partial charge in [-0.05, 0) is 42.8 Å². The van der Waals surface area contributed by atoms with Crippen molar-refractivity contribution >= 4 is 23.5 Å². The molecule has 13 heteroatoms. The second kappa shape index (κ2) is 15.1. The van der Waals surface area contributed by atoms with Gasteiger partial charge in [0.15, 0.2) is 0 Å². The minimum absolute atomic E-state index is 0.0490. The number of aliphatic hydroxyl groups excluding tert-OH is 1. The SMILES string of the molecule is COC(=O)C1=C(C(F)(F)F)NC(C)=C(C(=O)OCCOc2ccc(OCC(O)CNC(C)C)cc2)C1c1ccccc1Cl. The van der Waals surface area contributed by atoms with Crippen LogP contribution in [-0.2, 0) is 19.1 Å². The predicted molar refractivity (Wildman–Crippen MR) is 153 cm³/mol. The van der Waals surface area contributed by atoms with Crippen molar-refractivity contribution in [2.75, 3.05) is 33.5 Å². The molecule has 2 aromatic rings. The molecule has 43 heavy (non-hydrogen) atoms. The second-order valence-electron chi connectivity index (χ2n) is 9.88. The fourth-order valence-corrected chi connectivity index (χ4v) is 4.54. The Hall–Kier alpha value is -3.74. The lowest BCUT2D eigenvalue weighted by atomic mass is 9.80. The average molecular weight is 627 g/mol. The van der Waals surface area contributed by atoms with Crippen LogP contribution in [0.5, 0.6) is 11.5 Å². The largest absolute Gasteiger partial charge is 0.491 e. The van der Waals surface area contributed by atoms with Crippen molar-refractivity contribution < 1.29 is 46.8 Å². The van der Waals surface area contributed by atoms with E-state index in [1.54, 1.807) is 30.3 Å². The number of hydrogen-bond acceptors (Lipinski definition) is 9. The van der Waals surface area contributed by atoms with Crippen LogP contribution in [0.3, 0.4) is 0 Å². The fraction of sp³-hybridized carbons (Fsp3) is 0.400. The molecule has 0 aromatic heterocycles. The number of nitrogens with one attached hydrogen (secondary N) is 2. The van der Waals surface area contributed by atoms with Gasteiger partial charge < -0.3 is 34.7 Å². The lowest BCUT2D eigenvalue weighted by Gasteiger charge is -2.32. The molecule has 2 atom stereocenters. The van der Waals surface area contributed by atoms with Crippen LogP contribution in [0.2, 0.25) is 5.02 Å². The van der Waals surface area contributed by atoms with Gasteiger partial charge in [-0.1, -0.05) is 43.6 Å². The molecule has 1 aliphatic rings. The van der Waals surface area contributed by atoms with Crippen LogP contribution < -0.4 is 20.1 Å². The van der Waals surface area contributed by atoms with Crippen molar-refractivity contribution in [2.45, 2.75) is 45.0 Å².